The second-order valence-corrected chi connectivity index (χ2v) is 6.75. The fourth-order valence-electron chi connectivity index (χ4n) is 2.50. The van der Waals surface area contributed by atoms with Crippen LogP contribution in [0.4, 0.5) is 0 Å². The number of carboxylic acid groups (broad SMARTS) is 1. The number of pyridine rings is 1. The molecule has 0 aliphatic rings. The number of aliphatic carboxylic acids is 1. The van der Waals surface area contributed by atoms with Crippen LogP contribution in [0.2, 0.25) is 0 Å². The lowest BCUT2D eigenvalue weighted by atomic mass is 9.92. The number of carbonyl (C=O) groups excluding carboxylic acids is 1. The maximum absolute atomic E-state index is 11.2. The molecule has 5 nitrogen and oxygen atoms in total. The minimum Gasteiger partial charge on any atom is -0.481 e. The van der Waals surface area contributed by atoms with E-state index in [0.717, 1.165) is 27.7 Å². The Morgan fingerprint density at radius 2 is 1.96 bits per heavy atom. The number of aromatic nitrogens is 1. The molecule has 1 N–H and O–H groups in total. The summed E-state index contributed by atoms with van der Waals surface area (Å²) in [5, 5.41) is 10.2. The zero-order valence-electron chi connectivity index (χ0n) is 15.2. The molecule has 0 amide bonds. The summed E-state index contributed by atoms with van der Waals surface area (Å²) in [6.45, 7) is 8.40. The second kappa shape index (κ2) is 7.05. The van der Waals surface area contributed by atoms with Gasteiger partial charge in [0, 0.05) is 12.3 Å². The van der Waals surface area contributed by atoms with Crippen molar-refractivity contribution in [3.8, 4) is 0 Å². The van der Waals surface area contributed by atoms with Crippen molar-refractivity contribution >= 4 is 28.9 Å². The van der Waals surface area contributed by atoms with Crippen molar-refractivity contribution in [3.05, 3.63) is 47.2 Å². The van der Waals surface area contributed by atoms with Crippen LogP contribution in [0.3, 0.4) is 0 Å². The van der Waals surface area contributed by atoms with Crippen LogP contribution in [0.1, 0.15) is 50.6 Å². The molecular weight excluding hydrogens is 318 g/mol. The number of hydrogen-bond acceptors (Lipinski definition) is 4. The fraction of sp³-hybridized carbons (Fsp3) is 0.350. The van der Waals surface area contributed by atoms with Crippen molar-refractivity contribution < 1.29 is 19.4 Å². The predicted molar refractivity (Wildman–Crippen MR) is 97.1 cm³/mol. The van der Waals surface area contributed by atoms with Crippen LogP contribution in [0.5, 0.6) is 0 Å². The number of ether oxygens (including phenoxy) is 1. The minimum atomic E-state index is -0.940. The highest BCUT2D eigenvalue weighted by molar-refractivity contribution is 5.83. The van der Waals surface area contributed by atoms with Crippen molar-refractivity contribution in [2.45, 2.75) is 40.7 Å². The quantitative estimate of drug-likeness (QED) is 0.821. The zero-order valence-corrected chi connectivity index (χ0v) is 15.2. The lowest BCUT2D eigenvalue weighted by Gasteiger charge is -2.15. The third-order valence-electron chi connectivity index (χ3n) is 4.04. The molecule has 0 unspecified atom stereocenters. The number of carbonyl (C=O) groups is 2. The van der Waals surface area contributed by atoms with E-state index in [2.05, 4.69) is 4.98 Å². The van der Waals surface area contributed by atoms with E-state index in [-0.39, 0.29) is 5.97 Å². The second-order valence-electron chi connectivity index (χ2n) is 6.75. The van der Waals surface area contributed by atoms with Crippen LogP contribution < -0.4 is 0 Å². The van der Waals surface area contributed by atoms with E-state index >= 15 is 0 Å². The Labute approximate surface area is 147 Å². The van der Waals surface area contributed by atoms with Crippen molar-refractivity contribution in [3.63, 3.8) is 0 Å². The third kappa shape index (κ3) is 4.44. The van der Waals surface area contributed by atoms with Crippen molar-refractivity contribution in [1.29, 1.82) is 0 Å². The Balaban J connectivity index is 2.41. The highest BCUT2D eigenvalue weighted by atomic mass is 16.5. The Kier molecular flexibility index (Phi) is 5.26. The lowest BCUT2D eigenvalue weighted by molar-refractivity contribution is -0.146. The normalized spacial score (nSPS) is 13.2. The molecule has 1 heterocycles. The summed E-state index contributed by atoms with van der Waals surface area (Å²) in [6, 6.07) is 7.77. The summed E-state index contributed by atoms with van der Waals surface area (Å²) in [6.07, 6.45) is 3.02. The Morgan fingerprint density at radius 3 is 2.56 bits per heavy atom. The number of aryl methyl sites for hydroxylation is 1. The average Bonchev–Trinajstić information content (AvgIpc) is 2.51. The van der Waals surface area contributed by atoms with Crippen LogP contribution >= 0.6 is 0 Å². The molecule has 0 aliphatic carbocycles. The highest BCUT2D eigenvalue weighted by Gasteiger charge is 2.23. The molecule has 25 heavy (non-hydrogen) atoms. The van der Waals surface area contributed by atoms with Crippen molar-refractivity contribution in [2.24, 2.45) is 5.41 Å². The summed E-state index contributed by atoms with van der Waals surface area (Å²) in [7, 11) is 0. The summed E-state index contributed by atoms with van der Waals surface area (Å²) in [4.78, 5) is 27.0. The molecular formula is C20H23NO4. The molecule has 0 radical (unpaired) electrons. The lowest BCUT2D eigenvalue weighted by Crippen LogP contribution is -2.20. The number of hydrogen-bond donors (Lipinski definition) is 1. The zero-order chi connectivity index (χ0) is 18.8. The largest absolute Gasteiger partial charge is 0.481 e. The van der Waals surface area contributed by atoms with Gasteiger partial charge in [-0.15, -0.1) is 0 Å². The van der Waals surface area contributed by atoms with Crippen LogP contribution in [-0.4, -0.2) is 22.0 Å². The van der Waals surface area contributed by atoms with Crippen LogP contribution in [0.15, 0.2) is 30.3 Å². The first-order chi connectivity index (χ1) is 11.6. The van der Waals surface area contributed by atoms with Crippen molar-refractivity contribution in [2.75, 3.05) is 0 Å². The van der Waals surface area contributed by atoms with Crippen LogP contribution in [0, 0.1) is 12.3 Å². The van der Waals surface area contributed by atoms with E-state index in [1.165, 1.54) is 6.92 Å². The molecule has 2 aromatic rings. The smallest absolute Gasteiger partial charge is 0.312 e. The first-order valence-corrected chi connectivity index (χ1v) is 8.11. The summed E-state index contributed by atoms with van der Waals surface area (Å²) >= 11 is 0. The van der Waals surface area contributed by atoms with Gasteiger partial charge in [0.1, 0.15) is 6.10 Å². The molecule has 2 rings (SSSR count). The van der Waals surface area contributed by atoms with E-state index in [9.17, 15) is 14.7 Å². The number of fused-ring (bicyclic) bond motifs is 1. The maximum atomic E-state index is 11.2. The molecule has 132 valence electrons. The number of rotatable bonds is 5. The van der Waals surface area contributed by atoms with E-state index in [0.29, 0.717) is 0 Å². The highest BCUT2D eigenvalue weighted by Crippen LogP contribution is 2.25. The Bertz CT molecular complexity index is 852. The fourth-order valence-corrected chi connectivity index (χ4v) is 2.50. The number of nitrogens with zero attached hydrogens (tertiary/aromatic N) is 1. The molecule has 5 heteroatoms. The van der Waals surface area contributed by atoms with Gasteiger partial charge in [-0.25, -0.2) is 4.98 Å². The summed E-state index contributed by atoms with van der Waals surface area (Å²) in [5.74, 6) is -1.22. The molecule has 0 fully saturated rings. The van der Waals surface area contributed by atoms with Gasteiger partial charge >= 0.3 is 11.9 Å². The van der Waals surface area contributed by atoms with Gasteiger partial charge in [0.25, 0.3) is 0 Å². The minimum absolute atomic E-state index is 0.346. The molecule has 1 aromatic heterocycles. The molecule has 1 atom stereocenters. The topological polar surface area (TPSA) is 76.5 Å². The van der Waals surface area contributed by atoms with Gasteiger partial charge in [-0.3, -0.25) is 9.59 Å². The van der Waals surface area contributed by atoms with Gasteiger partial charge in [-0.05, 0) is 51.0 Å². The monoisotopic (exact) mass is 341 g/mol. The Morgan fingerprint density at radius 1 is 1.28 bits per heavy atom. The molecule has 0 aliphatic heterocycles. The first kappa shape index (κ1) is 18.6. The van der Waals surface area contributed by atoms with Gasteiger partial charge < -0.3 is 9.84 Å². The van der Waals surface area contributed by atoms with Gasteiger partial charge in [0.05, 0.1) is 16.6 Å². The standard InChI is InChI=1S/C20H23NO4/c1-12-10-16-7-6-15(8-9-20(4,5)19(23)24)11-17(16)21-18(12)13(2)25-14(3)22/h6-11,13H,1-5H3,(H,23,24)/b9-8+/t13-/m1/s1. The van der Waals surface area contributed by atoms with E-state index in [4.69, 9.17) is 4.74 Å². The maximum Gasteiger partial charge on any atom is 0.312 e. The van der Waals surface area contributed by atoms with Gasteiger partial charge in [0.15, 0.2) is 0 Å². The Hall–Kier alpha value is -2.69. The summed E-state index contributed by atoms with van der Waals surface area (Å²) in [5.41, 5.74) is 2.37. The molecule has 0 spiro atoms. The van der Waals surface area contributed by atoms with E-state index in [1.54, 1.807) is 32.9 Å². The van der Waals surface area contributed by atoms with E-state index < -0.39 is 17.5 Å². The SMILES string of the molecule is CC(=O)O[C@H](C)c1nc2cc(/C=C/C(C)(C)C(=O)O)ccc2cc1C. The van der Waals surface area contributed by atoms with Crippen LogP contribution in [-0.2, 0) is 14.3 Å². The van der Waals surface area contributed by atoms with Crippen molar-refractivity contribution in [1.82, 2.24) is 4.98 Å². The predicted octanol–water partition coefficient (Wildman–Crippen LogP) is 4.29. The van der Waals surface area contributed by atoms with Gasteiger partial charge in [-0.1, -0.05) is 24.3 Å². The summed E-state index contributed by atoms with van der Waals surface area (Å²) < 4.78 is 5.23. The first-order valence-electron chi connectivity index (χ1n) is 8.11. The molecule has 0 saturated heterocycles. The number of carboxylic acids is 1. The third-order valence-corrected chi connectivity index (χ3v) is 4.04. The van der Waals surface area contributed by atoms with Gasteiger partial charge in [-0.2, -0.15) is 0 Å². The number of esters is 1. The van der Waals surface area contributed by atoms with E-state index in [1.807, 2.05) is 31.2 Å². The molecule has 0 saturated carbocycles. The molecule has 0 bridgehead atoms. The van der Waals surface area contributed by atoms with Gasteiger partial charge in [0.2, 0.25) is 0 Å². The van der Waals surface area contributed by atoms with Crippen LogP contribution in [0.25, 0.3) is 17.0 Å². The average molecular weight is 341 g/mol. The molecule has 1 aromatic carbocycles. The number of benzene rings is 1.